The van der Waals surface area contributed by atoms with Crippen LogP contribution in [0.3, 0.4) is 0 Å². The molecule has 0 aliphatic heterocycles. The van der Waals surface area contributed by atoms with Crippen LogP contribution in [0.4, 0.5) is 5.69 Å². The lowest BCUT2D eigenvalue weighted by atomic mass is 10.1. The third-order valence-corrected chi connectivity index (χ3v) is 4.01. The van der Waals surface area contributed by atoms with Gasteiger partial charge >= 0.3 is 11.9 Å². The van der Waals surface area contributed by atoms with Gasteiger partial charge in [0, 0.05) is 6.21 Å². The van der Waals surface area contributed by atoms with Gasteiger partial charge in [0.15, 0.2) is 5.92 Å². The van der Waals surface area contributed by atoms with E-state index in [0.29, 0.717) is 25.5 Å². The second-order valence-electron chi connectivity index (χ2n) is 6.43. The van der Waals surface area contributed by atoms with E-state index in [-0.39, 0.29) is 0 Å². The average Bonchev–Trinajstić information content (AvgIpc) is 2.70. The number of carbonyl (C=O) groups excluding carboxylic acids is 2. The number of nitrogens with zero attached hydrogens (tertiary/aromatic N) is 1. The van der Waals surface area contributed by atoms with Crippen LogP contribution in [0.15, 0.2) is 29.3 Å². The van der Waals surface area contributed by atoms with Crippen LogP contribution in [-0.2, 0) is 19.1 Å². The van der Waals surface area contributed by atoms with E-state index in [0.717, 1.165) is 44.3 Å². The molecule has 1 rings (SSSR count). The molecule has 0 heterocycles. The lowest BCUT2D eigenvalue weighted by Crippen LogP contribution is -2.29. The number of ether oxygens (including phenoxy) is 3. The third-order valence-electron chi connectivity index (χ3n) is 4.01. The zero-order valence-corrected chi connectivity index (χ0v) is 17.3. The van der Waals surface area contributed by atoms with Gasteiger partial charge in [-0.25, -0.2) is 0 Å². The van der Waals surface area contributed by atoms with Crippen molar-refractivity contribution in [2.24, 2.45) is 10.9 Å². The molecule has 0 amide bonds. The summed E-state index contributed by atoms with van der Waals surface area (Å²) in [6.07, 6.45) is 6.85. The molecule has 0 saturated heterocycles. The first kappa shape index (κ1) is 23.7. The number of carbonyl (C=O) groups is 2. The minimum atomic E-state index is -1.16. The first-order valence-electron chi connectivity index (χ1n) is 10.2. The molecule has 6 nitrogen and oxygen atoms in total. The van der Waals surface area contributed by atoms with Crippen LogP contribution >= 0.6 is 0 Å². The van der Waals surface area contributed by atoms with Crippen molar-refractivity contribution in [1.82, 2.24) is 0 Å². The van der Waals surface area contributed by atoms with Crippen molar-refractivity contribution in [2.75, 3.05) is 19.8 Å². The summed E-state index contributed by atoms with van der Waals surface area (Å²) in [6, 6.07) is 7.10. The highest BCUT2D eigenvalue weighted by Crippen LogP contribution is 2.18. The zero-order chi connectivity index (χ0) is 20.6. The first-order valence-corrected chi connectivity index (χ1v) is 10.2. The number of benzene rings is 1. The van der Waals surface area contributed by atoms with E-state index in [1.54, 1.807) is 24.3 Å². The van der Waals surface area contributed by atoms with E-state index < -0.39 is 17.9 Å². The Hall–Kier alpha value is -2.37. The highest BCUT2D eigenvalue weighted by molar-refractivity contribution is 6.09. The molecule has 0 aliphatic rings. The second-order valence-corrected chi connectivity index (χ2v) is 6.43. The third kappa shape index (κ3) is 9.53. The molecule has 0 bridgehead atoms. The summed E-state index contributed by atoms with van der Waals surface area (Å²) < 4.78 is 15.9. The van der Waals surface area contributed by atoms with Gasteiger partial charge in [-0.3, -0.25) is 14.6 Å². The highest BCUT2D eigenvalue weighted by atomic mass is 16.6. The van der Waals surface area contributed by atoms with Crippen molar-refractivity contribution in [1.29, 1.82) is 0 Å². The molecular formula is C22H33NO5. The normalized spacial score (nSPS) is 11.0. The fourth-order valence-corrected chi connectivity index (χ4v) is 2.40. The quantitative estimate of drug-likeness (QED) is 0.196. The van der Waals surface area contributed by atoms with Crippen LogP contribution in [0.2, 0.25) is 0 Å². The van der Waals surface area contributed by atoms with Crippen molar-refractivity contribution in [3.63, 3.8) is 0 Å². The molecule has 28 heavy (non-hydrogen) atoms. The van der Waals surface area contributed by atoms with Gasteiger partial charge in [-0.05, 0) is 44.0 Å². The number of rotatable bonds is 14. The smallest absolute Gasteiger partial charge is 0.325 e. The van der Waals surface area contributed by atoms with Gasteiger partial charge in [-0.15, -0.1) is 0 Å². The number of aliphatic imine (C=N–C) groups is 1. The van der Waals surface area contributed by atoms with Crippen LogP contribution in [-0.4, -0.2) is 38.0 Å². The van der Waals surface area contributed by atoms with Crippen LogP contribution in [0, 0.1) is 5.92 Å². The minimum Gasteiger partial charge on any atom is -0.494 e. The standard InChI is InChI=1S/C22H33NO5/c1-4-7-9-15-27-21(24)20(22(25)28-16-10-8-5-2)17-23-18-11-13-19(14-12-18)26-6-3/h11-14,17,20H,4-10,15-16H2,1-3H3. The fraction of sp³-hybridized carbons (Fsp3) is 0.591. The number of hydrogen-bond acceptors (Lipinski definition) is 6. The Bertz CT molecular complexity index is 573. The van der Waals surface area contributed by atoms with Crippen LogP contribution < -0.4 is 4.74 Å². The predicted octanol–water partition coefficient (Wildman–Crippen LogP) is 4.87. The summed E-state index contributed by atoms with van der Waals surface area (Å²) in [7, 11) is 0. The maximum Gasteiger partial charge on any atom is 0.325 e. The maximum atomic E-state index is 12.4. The number of hydrogen-bond donors (Lipinski definition) is 0. The minimum absolute atomic E-state index is 0.295. The van der Waals surface area contributed by atoms with Gasteiger partial charge in [0.2, 0.25) is 0 Å². The van der Waals surface area contributed by atoms with E-state index in [9.17, 15) is 9.59 Å². The van der Waals surface area contributed by atoms with E-state index in [4.69, 9.17) is 14.2 Å². The summed E-state index contributed by atoms with van der Waals surface area (Å²) in [5.41, 5.74) is 0.617. The summed E-state index contributed by atoms with van der Waals surface area (Å²) in [5, 5.41) is 0. The Morgan fingerprint density at radius 1 is 0.893 bits per heavy atom. The van der Waals surface area contributed by atoms with Gasteiger partial charge in [0.05, 0.1) is 25.5 Å². The van der Waals surface area contributed by atoms with Crippen molar-refractivity contribution < 1.29 is 23.8 Å². The summed E-state index contributed by atoms with van der Waals surface area (Å²) in [4.78, 5) is 29.0. The van der Waals surface area contributed by atoms with Gasteiger partial charge in [0.25, 0.3) is 0 Å². The molecule has 0 aliphatic carbocycles. The zero-order valence-electron chi connectivity index (χ0n) is 17.3. The molecule has 0 saturated carbocycles. The molecule has 0 atom stereocenters. The molecule has 6 heteroatoms. The molecule has 0 radical (unpaired) electrons. The van der Waals surface area contributed by atoms with Crippen molar-refractivity contribution in [3.8, 4) is 5.75 Å². The molecule has 0 spiro atoms. The van der Waals surface area contributed by atoms with Gasteiger partial charge in [-0.1, -0.05) is 39.5 Å². The largest absolute Gasteiger partial charge is 0.494 e. The molecule has 156 valence electrons. The van der Waals surface area contributed by atoms with Gasteiger partial charge < -0.3 is 14.2 Å². The predicted molar refractivity (Wildman–Crippen MR) is 110 cm³/mol. The molecule has 0 N–H and O–H groups in total. The average molecular weight is 392 g/mol. The van der Waals surface area contributed by atoms with Gasteiger partial charge in [-0.2, -0.15) is 0 Å². The Kier molecular flexibility index (Phi) is 12.4. The van der Waals surface area contributed by atoms with Crippen molar-refractivity contribution >= 4 is 23.8 Å². The topological polar surface area (TPSA) is 74.2 Å². The van der Waals surface area contributed by atoms with E-state index in [1.807, 2.05) is 6.92 Å². The van der Waals surface area contributed by atoms with E-state index >= 15 is 0 Å². The lowest BCUT2D eigenvalue weighted by molar-refractivity contribution is -0.158. The molecule has 0 unspecified atom stereocenters. The van der Waals surface area contributed by atoms with Crippen LogP contribution in [0.5, 0.6) is 5.75 Å². The Morgan fingerprint density at radius 2 is 1.43 bits per heavy atom. The molecule has 0 fully saturated rings. The van der Waals surface area contributed by atoms with Crippen LogP contribution in [0.1, 0.15) is 59.3 Å². The van der Waals surface area contributed by atoms with Crippen molar-refractivity contribution in [2.45, 2.75) is 59.3 Å². The number of unbranched alkanes of at least 4 members (excludes halogenated alkanes) is 4. The molecule has 1 aromatic rings. The van der Waals surface area contributed by atoms with Gasteiger partial charge in [0.1, 0.15) is 5.75 Å². The highest BCUT2D eigenvalue weighted by Gasteiger charge is 2.28. The second kappa shape index (κ2) is 14.7. The molecule has 0 aromatic heterocycles. The lowest BCUT2D eigenvalue weighted by Gasteiger charge is -2.12. The Morgan fingerprint density at radius 3 is 1.89 bits per heavy atom. The van der Waals surface area contributed by atoms with E-state index in [2.05, 4.69) is 18.8 Å². The van der Waals surface area contributed by atoms with Crippen LogP contribution in [0.25, 0.3) is 0 Å². The molecular weight excluding hydrogens is 358 g/mol. The SMILES string of the molecule is CCCCCOC(=O)C(C=Nc1ccc(OCC)cc1)C(=O)OCCCCC. The summed E-state index contributed by atoms with van der Waals surface area (Å²) >= 11 is 0. The Balaban J connectivity index is 2.74. The maximum absolute atomic E-state index is 12.4. The van der Waals surface area contributed by atoms with Crippen molar-refractivity contribution in [3.05, 3.63) is 24.3 Å². The number of esters is 2. The summed E-state index contributed by atoms with van der Waals surface area (Å²) in [5.74, 6) is -1.66. The summed E-state index contributed by atoms with van der Waals surface area (Å²) in [6.45, 7) is 7.23. The molecule has 1 aromatic carbocycles. The monoisotopic (exact) mass is 391 g/mol. The Labute approximate surface area is 168 Å². The first-order chi connectivity index (χ1) is 13.6. The van der Waals surface area contributed by atoms with E-state index in [1.165, 1.54) is 6.21 Å². The fourth-order valence-electron chi connectivity index (χ4n) is 2.40.